The van der Waals surface area contributed by atoms with Crippen LogP contribution >= 0.6 is 11.8 Å². The van der Waals surface area contributed by atoms with Gasteiger partial charge >= 0.3 is 6.03 Å². The van der Waals surface area contributed by atoms with Crippen LogP contribution in [-0.2, 0) is 4.79 Å². The van der Waals surface area contributed by atoms with Gasteiger partial charge in [0.15, 0.2) is 0 Å². The molecule has 1 saturated heterocycles. The first-order valence-electron chi connectivity index (χ1n) is 8.35. The smallest absolute Gasteiger partial charge is 0.321 e. The molecule has 1 aromatic carbocycles. The number of hydrogen-bond acceptors (Lipinski definition) is 3. The molecule has 1 fully saturated rings. The minimum atomic E-state index is -0.110. The third kappa shape index (κ3) is 6.07. The van der Waals surface area contributed by atoms with Crippen LogP contribution in [0.5, 0.6) is 0 Å². The molecule has 132 valence electrons. The number of thioether (sulfide) groups is 1. The molecule has 3 amide bonds. The number of carbonyl (C=O) groups excluding carboxylic acids is 2. The molecule has 1 aliphatic heterocycles. The third-order valence-corrected chi connectivity index (χ3v) is 4.77. The second-order valence-corrected chi connectivity index (χ2v) is 9.05. The van der Waals surface area contributed by atoms with Crippen molar-refractivity contribution < 1.29 is 9.59 Å². The van der Waals surface area contributed by atoms with Gasteiger partial charge < -0.3 is 15.5 Å². The summed E-state index contributed by atoms with van der Waals surface area (Å²) in [5.41, 5.74) is 0.792. The maximum atomic E-state index is 12.4. The van der Waals surface area contributed by atoms with E-state index in [2.05, 4.69) is 31.4 Å². The summed E-state index contributed by atoms with van der Waals surface area (Å²) in [6, 6.07) is 7.86. The molecule has 2 N–H and O–H groups in total. The molecule has 1 aromatic rings. The normalized spacial score (nSPS) is 18.2. The van der Waals surface area contributed by atoms with Crippen molar-refractivity contribution in [3.63, 3.8) is 0 Å². The number of hydrogen-bond donors (Lipinski definition) is 2. The number of urea groups is 1. The molecule has 1 aliphatic rings. The maximum absolute atomic E-state index is 12.4. The summed E-state index contributed by atoms with van der Waals surface area (Å²) in [4.78, 5) is 26.5. The van der Waals surface area contributed by atoms with Gasteiger partial charge in [-0.2, -0.15) is 0 Å². The predicted molar refractivity (Wildman–Crippen MR) is 99.5 cm³/mol. The van der Waals surface area contributed by atoms with Crippen molar-refractivity contribution in [1.29, 1.82) is 0 Å². The van der Waals surface area contributed by atoms with E-state index in [1.165, 1.54) is 11.8 Å². The predicted octanol–water partition coefficient (Wildman–Crippen LogP) is 3.71. The summed E-state index contributed by atoms with van der Waals surface area (Å²) in [5, 5.41) is 5.84. The zero-order valence-corrected chi connectivity index (χ0v) is 15.7. The zero-order chi connectivity index (χ0) is 17.7. The third-order valence-electron chi connectivity index (χ3n) is 3.65. The van der Waals surface area contributed by atoms with E-state index >= 15 is 0 Å². The monoisotopic (exact) mass is 349 g/mol. The summed E-state index contributed by atoms with van der Waals surface area (Å²) >= 11 is 1.80. The van der Waals surface area contributed by atoms with Crippen molar-refractivity contribution >= 4 is 29.4 Å². The summed E-state index contributed by atoms with van der Waals surface area (Å²) in [5.74, 6) is -0.0470. The number of nitrogens with zero attached hydrogens (tertiary/aromatic N) is 1. The summed E-state index contributed by atoms with van der Waals surface area (Å²) in [7, 11) is 0. The Labute approximate surface area is 148 Å². The fraction of sp³-hybridized carbons (Fsp3) is 0.556. The van der Waals surface area contributed by atoms with Crippen LogP contribution in [0.1, 0.15) is 40.5 Å². The Morgan fingerprint density at radius 1 is 1.21 bits per heavy atom. The highest BCUT2D eigenvalue weighted by Crippen LogP contribution is 2.32. The minimum Gasteiger partial charge on any atom is -0.352 e. The maximum Gasteiger partial charge on any atom is 0.321 e. The van der Waals surface area contributed by atoms with Gasteiger partial charge in [0.1, 0.15) is 0 Å². The standard InChI is InChI=1S/C18H27N3O2S/c1-13(22)19-15-6-5-11-21(12-15)17(23)20-14-7-9-16(10-8-14)24-18(2,3)4/h7-10,15H,5-6,11-12H2,1-4H3,(H,19,22)(H,20,23)/t15-/m0/s1. The highest BCUT2D eigenvalue weighted by atomic mass is 32.2. The Bertz CT molecular complexity index is 581. The molecule has 5 nitrogen and oxygen atoms in total. The van der Waals surface area contributed by atoms with Gasteiger partial charge in [-0.05, 0) is 37.1 Å². The second kappa shape index (κ2) is 7.92. The van der Waals surface area contributed by atoms with E-state index in [9.17, 15) is 9.59 Å². The fourth-order valence-corrected chi connectivity index (χ4v) is 3.71. The van der Waals surface area contributed by atoms with E-state index in [1.807, 2.05) is 24.3 Å². The Balaban J connectivity index is 1.90. The first-order valence-corrected chi connectivity index (χ1v) is 9.17. The molecule has 0 saturated carbocycles. The molecular formula is C18H27N3O2S. The van der Waals surface area contributed by atoms with E-state index in [0.717, 1.165) is 25.1 Å². The highest BCUT2D eigenvalue weighted by molar-refractivity contribution is 8.00. The lowest BCUT2D eigenvalue weighted by atomic mass is 10.1. The average molecular weight is 350 g/mol. The van der Waals surface area contributed by atoms with Gasteiger partial charge in [0.05, 0.1) is 0 Å². The lowest BCUT2D eigenvalue weighted by Gasteiger charge is -2.33. The summed E-state index contributed by atoms with van der Waals surface area (Å²) in [6.45, 7) is 9.32. The molecule has 0 radical (unpaired) electrons. The van der Waals surface area contributed by atoms with Crippen LogP contribution in [-0.4, -0.2) is 40.7 Å². The summed E-state index contributed by atoms with van der Waals surface area (Å²) in [6.07, 6.45) is 1.82. The highest BCUT2D eigenvalue weighted by Gasteiger charge is 2.24. The number of rotatable bonds is 3. The number of nitrogens with one attached hydrogen (secondary N) is 2. The molecule has 6 heteroatoms. The first-order chi connectivity index (χ1) is 11.2. The number of carbonyl (C=O) groups is 2. The van der Waals surface area contributed by atoms with Crippen LogP contribution in [0.25, 0.3) is 0 Å². The minimum absolute atomic E-state index is 0.0470. The average Bonchev–Trinajstić information content (AvgIpc) is 2.47. The van der Waals surface area contributed by atoms with Crippen molar-refractivity contribution in [2.24, 2.45) is 0 Å². The topological polar surface area (TPSA) is 61.4 Å². The van der Waals surface area contributed by atoms with Gasteiger partial charge in [0, 0.05) is 41.4 Å². The number of anilines is 1. The van der Waals surface area contributed by atoms with Crippen molar-refractivity contribution in [3.8, 4) is 0 Å². The zero-order valence-electron chi connectivity index (χ0n) is 14.9. The summed E-state index contributed by atoms with van der Waals surface area (Å²) < 4.78 is 0.164. The van der Waals surface area contributed by atoms with Crippen molar-refractivity contribution in [1.82, 2.24) is 10.2 Å². The van der Waals surface area contributed by atoms with Crippen LogP contribution in [0.3, 0.4) is 0 Å². The van der Waals surface area contributed by atoms with E-state index in [-0.39, 0.29) is 22.7 Å². The molecule has 0 aliphatic carbocycles. The molecule has 2 rings (SSSR count). The SMILES string of the molecule is CC(=O)N[C@H]1CCCN(C(=O)Nc2ccc(SC(C)(C)C)cc2)C1. The molecule has 0 unspecified atom stereocenters. The van der Waals surface area contributed by atoms with Gasteiger partial charge in [-0.1, -0.05) is 20.8 Å². The van der Waals surface area contributed by atoms with E-state index in [1.54, 1.807) is 16.7 Å². The Kier molecular flexibility index (Phi) is 6.15. The van der Waals surface area contributed by atoms with Crippen LogP contribution in [0.4, 0.5) is 10.5 Å². The van der Waals surface area contributed by atoms with Crippen molar-refractivity contribution in [2.45, 2.75) is 56.2 Å². The van der Waals surface area contributed by atoms with E-state index in [4.69, 9.17) is 0 Å². The van der Waals surface area contributed by atoms with Gasteiger partial charge in [-0.15, -0.1) is 11.8 Å². The number of likely N-dealkylation sites (tertiary alicyclic amines) is 1. The number of piperidine rings is 1. The van der Waals surface area contributed by atoms with Crippen molar-refractivity contribution in [3.05, 3.63) is 24.3 Å². The molecule has 0 aromatic heterocycles. The van der Waals surface area contributed by atoms with Crippen LogP contribution < -0.4 is 10.6 Å². The molecule has 0 spiro atoms. The molecule has 1 atom stereocenters. The van der Waals surface area contributed by atoms with Gasteiger partial charge in [-0.25, -0.2) is 4.79 Å². The Morgan fingerprint density at radius 2 is 1.88 bits per heavy atom. The number of benzene rings is 1. The Morgan fingerprint density at radius 3 is 2.46 bits per heavy atom. The largest absolute Gasteiger partial charge is 0.352 e. The second-order valence-electron chi connectivity index (χ2n) is 7.15. The molecule has 0 bridgehead atoms. The quantitative estimate of drug-likeness (QED) is 0.818. The van der Waals surface area contributed by atoms with Crippen molar-refractivity contribution in [2.75, 3.05) is 18.4 Å². The fourth-order valence-electron chi connectivity index (χ4n) is 2.73. The first kappa shape index (κ1) is 18.6. The van der Waals surface area contributed by atoms with Gasteiger partial charge in [0.25, 0.3) is 0 Å². The van der Waals surface area contributed by atoms with E-state index < -0.39 is 0 Å². The lowest BCUT2D eigenvalue weighted by molar-refractivity contribution is -0.119. The van der Waals surface area contributed by atoms with Crippen LogP contribution in [0.2, 0.25) is 0 Å². The van der Waals surface area contributed by atoms with Gasteiger partial charge in [-0.3, -0.25) is 4.79 Å². The molecular weight excluding hydrogens is 322 g/mol. The number of amides is 3. The molecule has 1 heterocycles. The molecule has 24 heavy (non-hydrogen) atoms. The Hall–Kier alpha value is -1.69. The van der Waals surface area contributed by atoms with Crippen LogP contribution in [0.15, 0.2) is 29.2 Å². The van der Waals surface area contributed by atoms with E-state index in [0.29, 0.717) is 6.54 Å². The van der Waals surface area contributed by atoms with Crippen LogP contribution in [0, 0.1) is 0 Å². The van der Waals surface area contributed by atoms with Gasteiger partial charge in [0.2, 0.25) is 5.91 Å². The lowest BCUT2D eigenvalue weighted by Crippen LogP contribution is -2.50.